The van der Waals surface area contributed by atoms with Crippen LogP contribution >= 0.6 is 22.6 Å². The molecule has 0 bridgehead atoms. The van der Waals surface area contributed by atoms with Gasteiger partial charge in [0.05, 0.1) is 17.8 Å². The Labute approximate surface area is 96.0 Å². The van der Waals surface area contributed by atoms with Crippen LogP contribution in [-0.2, 0) is 0 Å². The van der Waals surface area contributed by atoms with Crippen molar-refractivity contribution in [2.24, 2.45) is 0 Å². The average Bonchev–Trinajstić information content (AvgIpc) is 2.51. The SMILES string of the molecule is CC1(O)CCNCC1n1nncc1I. The molecule has 1 aromatic heterocycles. The Kier molecular flexibility index (Phi) is 2.76. The van der Waals surface area contributed by atoms with Crippen molar-refractivity contribution < 1.29 is 5.11 Å². The van der Waals surface area contributed by atoms with E-state index in [0.717, 1.165) is 23.2 Å². The minimum absolute atomic E-state index is 0.0225. The average molecular weight is 308 g/mol. The smallest absolute Gasteiger partial charge is 0.120 e. The lowest BCUT2D eigenvalue weighted by Gasteiger charge is -2.37. The fraction of sp³-hybridized carbons (Fsp3) is 0.750. The van der Waals surface area contributed by atoms with Crippen molar-refractivity contribution in [2.75, 3.05) is 13.1 Å². The molecular formula is C8H13IN4O. The Bertz CT molecular complexity index is 325. The monoisotopic (exact) mass is 308 g/mol. The summed E-state index contributed by atoms with van der Waals surface area (Å²) in [5.74, 6) is 0. The molecule has 2 unspecified atom stereocenters. The standard InChI is InChI=1S/C8H13IN4O/c1-8(14)2-3-10-4-6(8)13-7(9)5-11-12-13/h5-6,10,14H,2-4H2,1H3. The van der Waals surface area contributed by atoms with Gasteiger partial charge in [-0.05, 0) is 42.5 Å². The lowest BCUT2D eigenvalue weighted by atomic mass is 9.90. The van der Waals surface area contributed by atoms with Gasteiger partial charge in [-0.3, -0.25) is 0 Å². The summed E-state index contributed by atoms with van der Waals surface area (Å²) in [7, 11) is 0. The molecule has 2 heterocycles. The molecular weight excluding hydrogens is 295 g/mol. The maximum atomic E-state index is 10.2. The largest absolute Gasteiger partial charge is 0.388 e. The molecule has 1 aromatic rings. The van der Waals surface area contributed by atoms with Crippen molar-refractivity contribution >= 4 is 22.6 Å². The molecule has 5 nitrogen and oxygen atoms in total. The van der Waals surface area contributed by atoms with Crippen LogP contribution < -0.4 is 5.32 Å². The summed E-state index contributed by atoms with van der Waals surface area (Å²) >= 11 is 2.17. The van der Waals surface area contributed by atoms with Crippen LogP contribution in [0, 0.1) is 3.70 Å². The van der Waals surface area contributed by atoms with Gasteiger partial charge in [-0.2, -0.15) is 0 Å². The Hall–Kier alpha value is -0.210. The van der Waals surface area contributed by atoms with Crippen LogP contribution in [0.25, 0.3) is 0 Å². The number of hydrogen-bond acceptors (Lipinski definition) is 4. The van der Waals surface area contributed by atoms with E-state index in [1.807, 2.05) is 6.92 Å². The number of aromatic nitrogens is 3. The first kappa shape index (κ1) is 10.3. The minimum Gasteiger partial charge on any atom is -0.388 e. The Morgan fingerprint density at radius 2 is 2.57 bits per heavy atom. The highest BCUT2D eigenvalue weighted by atomic mass is 127. The van der Waals surface area contributed by atoms with Gasteiger partial charge in [0.1, 0.15) is 3.70 Å². The number of nitrogens with one attached hydrogen (secondary N) is 1. The number of halogens is 1. The first-order valence-electron chi connectivity index (χ1n) is 4.60. The van der Waals surface area contributed by atoms with Gasteiger partial charge in [-0.15, -0.1) is 5.10 Å². The third kappa shape index (κ3) is 1.78. The molecule has 1 saturated heterocycles. The Balaban J connectivity index is 2.28. The van der Waals surface area contributed by atoms with E-state index in [-0.39, 0.29) is 6.04 Å². The number of aliphatic hydroxyl groups is 1. The predicted octanol–water partition coefficient (Wildman–Crippen LogP) is 0.168. The van der Waals surface area contributed by atoms with Gasteiger partial charge in [-0.25, -0.2) is 4.68 Å². The van der Waals surface area contributed by atoms with E-state index in [0.29, 0.717) is 0 Å². The van der Waals surface area contributed by atoms with Gasteiger partial charge in [0.25, 0.3) is 0 Å². The van der Waals surface area contributed by atoms with Crippen molar-refractivity contribution in [3.63, 3.8) is 0 Å². The first-order chi connectivity index (χ1) is 6.61. The second-order valence-corrected chi connectivity index (χ2v) is 4.93. The molecule has 0 amide bonds. The van der Waals surface area contributed by atoms with Crippen LogP contribution in [0.15, 0.2) is 6.20 Å². The molecule has 0 aliphatic carbocycles. The van der Waals surface area contributed by atoms with Crippen molar-refractivity contribution in [3.8, 4) is 0 Å². The van der Waals surface area contributed by atoms with Crippen molar-refractivity contribution in [3.05, 3.63) is 9.90 Å². The zero-order valence-electron chi connectivity index (χ0n) is 7.94. The fourth-order valence-corrected chi connectivity index (χ4v) is 2.32. The predicted molar refractivity (Wildman–Crippen MR) is 59.9 cm³/mol. The van der Waals surface area contributed by atoms with Gasteiger partial charge in [0, 0.05) is 6.54 Å². The summed E-state index contributed by atoms with van der Waals surface area (Å²) in [4.78, 5) is 0. The molecule has 1 aliphatic heterocycles. The molecule has 2 rings (SSSR count). The van der Waals surface area contributed by atoms with Crippen LogP contribution in [0.4, 0.5) is 0 Å². The Morgan fingerprint density at radius 3 is 3.14 bits per heavy atom. The molecule has 14 heavy (non-hydrogen) atoms. The lowest BCUT2D eigenvalue weighted by Crippen LogP contribution is -2.49. The molecule has 2 atom stereocenters. The topological polar surface area (TPSA) is 63.0 Å². The van der Waals surface area contributed by atoms with Gasteiger partial charge in [0.2, 0.25) is 0 Å². The van der Waals surface area contributed by atoms with Gasteiger partial charge in [0.15, 0.2) is 0 Å². The highest BCUT2D eigenvalue weighted by Crippen LogP contribution is 2.28. The van der Waals surface area contributed by atoms with Gasteiger partial charge in [-0.1, -0.05) is 5.21 Å². The van der Waals surface area contributed by atoms with E-state index >= 15 is 0 Å². The first-order valence-corrected chi connectivity index (χ1v) is 5.68. The summed E-state index contributed by atoms with van der Waals surface area (Å²) < 4.78 is 2.74. The molecule has 0 saturated carbocycles. The summed E-state index contributed by atoms with van der Waals surface area (Å²) in [5, 5.41) is 21.3. The van der Waals surface area contributed by atoms with Crippen molar-refractivity contribution in [1.82, 2.24) is 20.3 Å². The number of nitrogens with zero attached hydrogens (tertiary/aromatic N) is 3. The molecule has 0 aromatic carbocycles. The number of piperidine rings is 1. The molecule has 1 fully saturated rings. The summed E-state index contributed by atoms with van der Waals surface area (Å²) in [6.07, 6.45) is 2.44. The van der Waals surface area contributed by atoms with Gasteiger partial charge >= 0.3 is 0 Å². The number of hydrogen-bond donors (Lipinski definition) is 2. The second-order valence-electron chi connectivity index (χ2n) is 3.83. The maximum Gasteiger partial charge on any atom is 0.120 e. The van der Waals surface area contributed by atoms with E-state index in [9.17, 15) is 5.11 Å². The van der Waals surface area contributed by atoms with E-state index in [2.05, 4.69) is 38.2 Å². The maximum absolute atomic E-state index is 10.2. The van der Waals surface area contributed by atoms with Gasteiger partial charge < -0.3 is 10.4 Å². The van der Waals surface area contributed by atoms with E-state index in [1.165, 1.54) is 0 Å². The number of rotatable bonds is 1. The highest BCUT2D eigenvalue weighted by Gasteiger charge is 2.37. The quantitative estimate of drug-likeness (QED) is 0.726. The normalized spacial score (nSPS) is 33.2. The third-order valence-corrected chi connectivity index (χ3v) is 3.46. The zero-order valence-corrected chi connectivity index (χ0v) is 10.1. The summed E-state index contributed by atoms with van der Waals surface area (Å²) in [6.45, 7) is 3.46. The van der Waals surface area contributed by atoms with Crippen LogP contribution in [0.2, 0.25) is 0 Å². The third-order valence-electron chi connectivity index (χ3n) is 2.69. The molecule has 78 valence electrons. The van der Waals surface area contributed by atoms with E-state index in [4.69, 9.17) is 0 Å². The van der Waals surface area contributed by atoms with Crippen LogP contribution in [0.3, 0.4) is 0 Å². The second kappa shape index (κ2) is 3.74. The molecule has 6 heteroatoms. The lowest BCUT2D eigenvalue weighted by molar-refractivity contribution is -0.0230. The van der Waals surface area contributed by atoms with Crippen molar-refractivity contribution in [1.29, 1.82) is 0 Å². The van der Waals surface area contributed by atoms with Crippen molar-refractivity contribution in [2.45, 2.75) is 25.0 Å². The molecule has 0 radical (unpaired) electrons. The van der Waals surface area contributed by atoms with E-state index in [1.54, 1.807) is 10.9 Å². The van der Waals surface area contributed by atoms with Crippen LogP contribution in [0.5, 0.6) is 0 Å². The summed E-state index contributed by atoms with van der Waals surface area (Å²) in [5.41, 5.74) is -0.696. The van der Waals surface area contributed by atoms with E-state index < -0.39 is 5.60 Å². The minimum atomic E-state index is -0.696. The highest BCUT2D eigenvalue weighted by molar-refractivity contribution is 14.1. The fourth-order valence-electron chi connectivity index (χ4n) is 1.76. The molecule has 0 spiro atoms. The molecule has 1 aliphatic rings. The Morgan fingerprint density at radius 1 is 1.79 bits per heavy atom. The van der Waals surface area contributed by atoms with Crippen LogP contribution in [0.1, 0.15) is 19.4 Å². The zero-order chi connectivity index (χ0) is 10.2. The molecule has 2 N–H and O–H groups in total. The van der Waals surface area contributed by atoms with Crippen LogP contribution in [-0.4, -0.2) is 38.8 Å². The summed E-state index contributed by atoms with van der Waals surface area (Å²) in [6, 6.07) is -0.0225.